The number of hydrogen-bond donors (Lipinski definition) is 2. The first-order chi connectivity index (χ1) is 9.16. The van der Waals surface area contributed by atoms with Crippen molar-refractivity contribution in [3.05, 3.63) is 30.1 Å². The first-order valence-corrected chi connectivity index (χ1v) is 6.14. The molecule has 19 heavy (non-hydrogen) atoms. The van der Waals surface area contributed by atoms with Crippen molar-refractivity contribution < 1.29 is 14.7 Å². The van der Waals surface area contributed by atoms with E-state index in [2.05, 4.69) is 10.3 Å². The standard InChI is InChI=1S/C13H13N3O3/c17-12-10(2-1-5-14-12)16-7-15-9-4-3-8(13(18)19)6-11(9)16/h3-4,6-7,10H,1-2,5H2,(H,14,17)(H,18,19). The van der Waals surface area contributed by atoms with Crippen LogP contribution in [0.5, 0.6) is 0 Å². The van der Waals surface area contributed by atoms with E-state index in [1.165, 1.54) is 6.07 Å². The number of carboxylic acids is 1. The highest BCUT2D eigenvalue weighted by Crippen LogP contribution is 2.24. The minimum Gasteiger partial charge on any atom is -0.478 e. The van der Waals surface area contributed by atoms with Crippen molar-refractivity contribution in [2.75, 3.05) is 6.54 Å². The molecule has 2 aromatic rings. The van der Waals surface area contributed by atoms with Crippen LogP contribution in [0.15, 0.2) is 24.5 Å². The minimum absolute atomic E-state index is 0.0359. The molecule has 0 aliphatic carbocycles. The van der Waals surface area contributed by atoms with Gasteiger partial charge in [-0.05, 0) is 31.0 Å². The Hall–Kier alpha value is -2.37. The molecule has 0 saturated carbocycles. The van der Waals surface area contributed by atoms with Gasteiger partial charge < -0.3 is 15.0 Å². The summed E-state index contributed by atoms with van der Waals surface area (Å²) in [5.41, 5.74) is 1.58. The van der Waals surface area contributed by atoms with Crippen LogP contribution in [-0.4, -0.2) is 33.1 Å². The quantitative estimate of drug-likeness (QED) is 0.848. The number of carbonyl (C=O) groups excluding carboxylic acids is 1. The van der Waals surface area contributed by atoms with E-state index in [0.717, 1.165) is 12.8 Å². The fourth-order valence-corrected chi connectivity index (χ4v) is 2.43. The molecule has 1 amide bonds. The molecule has 0 spiro atoms. The largest absolute Gasteiger partial charge is 0.478 e. The molecule has 0 bridgehead atoms. The summed E-state index contributed by atoms with van der Waals surface area (Å²) in [7, 11) is 0. The van der Waals surface area contributed by atoms with Crippen LogP contribution in [0.3, 0.4) is 0 Å². The second-order valence-electron chi connectivity index (χ2n) is 4.61. The van der Waals surface area contributed by atoms with Crippen LogP contribution in [0.1, 0.15) is 29.2 Å². The van der Waals surface area contributed by atoms with Crippen molar-refractivity contribution in [2.45, 2.75) is 18.9 Å². The smallest absolute Gasteiger partial charge is 0.335 e. The van der Waals surface area contributed by atoms with Gasteiger partial charge in [0.1, 0.15) is 6.04 Å². The Morgan fingerprint density at radius 2 is 2.32 bits per heavy atom. The molecule has 1 aromatic heterocycles. The second-order valence-corrected chi connectivity index (χ2v) is 4.61. The molecule has 2 heterocycles. The van der Waals surface area contributed by atoms with Crippen molar-refractivity contribution in [2.24, 2.45) is 0 Å². The van der Waals surface area contributed by atoms with Gasteiger partial charge in [0.25, 0.3) is 0 Å². The first-order valence-electron chi connectivity index (χ1n) is 6.14. The van der Waals surface area contributed by atoms with Crippen molar-refractivity contribution in [3.63, 3.8) is 0 Å². The van der Waals surface area contributed by atoms with Crippen molar-refractivity contribution in [3.8, 4) is 0 Å². The van der Waals surface area contributed by atoms with Gasteiger partial charge in [0, 0.05) is 6.54 Å². The van der Waals surface area contributed by atoms with Gasteiger partial charge in [-0.15, -0.1) is 0 Å². The molecule has 1 unspecified atom stereocenters. The summed E-state index contributed by atoms with van der Waals surface area (Å²) in [6.07, 6.45) is 3.26. The Balaban J connectivity index is 2.10. The van der Waals surface area contributed by atoms with Gasteiger partial charge >= 0.3 is 5.97 Å². The summed E-state index contributed by atoms with van der Waals surface area (Å²) >= 11 is 0. The van der Waals surface area contributed by atoms with E-state index >= 15 is 0 Å². The molecule has 6 heteroatoms. The van der Waals surface area contributed by atoms with E-state index in [0.29, 0.717) is 17.6 Å². The fourth-order valence-electron chi connectivity index (χ4n) is 2.43. The van der Waals surface area contributed by atoms with Crippen LogP contribution in [0.2, 0.25) is 0 Å². The molecule has 1 saturated heterocycles. The minimum atomic E-state index is -0.984. The Bertz CT molecular complexity index is 662. The lowest BCUT2D eigenvalue weighted by molar-refractivity contribution is -0.125. The first kappa shape index (κ1) is 11.7. The zero-order valence-electron chi connectivity index (χ0n) is 10.2. The topological polar surface area (TPSA) is 84.2 Å². The molecule has 2 N–H and O–H groups in total. The predicted octanol–water partition coefficient (Wildman–Crippen LogP) is 1.19. The van der Waals surface area contributed by atoms with Crippen LogP contribution < -0.4 is 5.32 Å². The maximum atomic E-state index is 11.9. The monoisotopic (exact) mass is 259 g/mol. The van der Waals surface area contributed by atoms with Crippen molar-refractivity contribution in [1.82, 2.24) is 14.9 Å². The SMILES string of the molecule is O=C(O)c1ccc2ncn(C3CCCNC3=O)c2c1. The Kier molecular flexibility index (Phi) is 2.70. The molecule has 6 nitrogen and oxygen atoms in total. The van der Waals surface area contributed by atoms with E-state index in [-0.39, 0.29) is 17.5 Å². The highest BCUT2D eigenvalue weighted by atomic mass is 16.4. The molecule has 3 rings (SSSR count). The predicted molar refractivity (Wildman–Crippen MR) is 68.0 cm³/mol. The third-order valence-corrected chi connectivity index (χ3v) is 3.41. The van der Waals surface area contributed by atoms with E-state index in [9.17, 15) is 9.59 Å². The number of carbonyl (C=O) groups is 2. The molecule has 1 aromatic carbocycles. The van der Waals surface area contributed by atoms with E-state index in [4.69, 9.17) is 5.11 Å². The summed E-state index contributed by atoms with van der Waals surface area (Å²) in [6, 6.07) is 4.44. The number of imidazole rings is 1. The zero-order chi connectivity index (χ0) is 13.4. The third-order valence-electron chi connectivity index (χ3n) is 3.41. The number of nitrogens with zero attached hydrogens (tertiary/aromatic N) is 2. The Morgan fingerprint density at radius 1 is 1.47 bits per heavy atom. The lowest BCUT2D eigenvalue weighted by Crippen LogP contribution is -2.37. The van der Waals surface area contributed by atoms with Crippen LogP contribution in [-0.2, 0) is 4.79 Å². The molecule has 1 fully saturated rings. The van der Waals surface area contributed by atoms with Gasteiger partial charge in [-0.3, -0.25) is 4.79 Å². The number of rotatable bonds is 2. The molecular weight excluding hydrogens is 246 g/mol. The number of benzene rings is 1. The fraction of sp³-hybridized carbons (Fsp3) is 0.308. The summed E-state index contributed by atoms with van der Waals surface area (Å²) in [4.78, 5) is 27.1. The lowest BCUT2D eigenvalue weighted by atomic mass is 10.1. The number of aromatic nitrogens is 2. The average molecular weight is 259 g/mol. The highest BCUT2D eigenvalue weighted by Gasteiger charge is 2.25. The van der Waals surface area contributed by atoms with Crippen molar-refractivity contribution in [1.29, 1.82) is 0 Å². The molecule has 1 aliphatic rings. The number of aromatic carboxylic acids is 1. The summed E-state index contributed by atoms with van der Waals surface area (Å²) in [5, 5.41) is 11.8. The normalized spacial score (nSPS) is 19.4. The highest BCUT2D eigenvalue weighted by molar-refractivity contribution is 5.93. The summed E-state index contributed by atoms with van der Waals surface area (Å²) in [5.74, 6) is -1.02. The Labute approximate surface area is 109 Å². The Morgan fingerprint density at radius 3 is 3.05 bits per heavy atom. The molecule has 98 valence electrons. The van der Waals surface area contributed by atoms with Crippen molar-refractivity contribution >= 4 is 22.9 Å². The van der Waals surface area contributed by atoms with E-state index < -0.39 is 5.97 Å². The van der Waals surface area contributed by atoms with E-state index in [1.807, 2.05) is 0 Å². The van der Waals surface area contributed by atoms with Gasteiger partial charge in [-0.25, -0.2) is 9.78 Å². The second kappa shape index (κ2) is 4.38. The maximum Gasteiger partial charge on any atom is 0.335 e. The molecule has 1 aliphatic heterocycles. The van der Waals surface area contributed by atoms with Gasteiger partial charge in [0.05, 0.1) is 22.9 Å². The zero-order valence-corrected chi connectivity index (χ0v) is 10.2. The van der Waals surface area contributed by atoms with Crippen LogP contribution >= 0.6 is 0 Å². The molecule has 1 atom stereocenters. The van der Waals surface area contributed by atoms with Crippen LogP contribution in [0, 0.1) is 0 Å². The number of piperidine rings is 1. The number of fused-ring (bicyclic) bond motifs is 1. The maximum absolute atomic E-state index is 11.9. The third kappa shape index (κ3) is 1.95. The summed E-state index contributed by atoms with van der Waals surface area (Å²) in [6.45, 7) is 0.697. The van der Waals surface area contributed by atoms with Gasteiger partial charge in [0.2, 0.25) is 5.91 Å². The van der Waals surface area contributed by atoms with Gasteiger partial charge in [0.15, 0.2) is 0 Å². The summed E-state index contributed by atoms with van der Waals surface area (Å²) < 4.78 is 1.76. The van der Waals surface area contributed by atoms with Crippen LogP contribution in [0.25, 0.3) is 11.0 Å². The average Bonchev–Trinajstić information content (AvgIpc) is 2.82. The van der Waals surface area contributed by atoms with E-state index in [1.54, 1.807) is 23.0 Å². The number of nitrogens with one attached hydrogen (secondary N) is 1. The van der Waals surface area contributed by atoms with Crippen LogP contribution in [0.4, 0.5) is 0 Å². The number of carboxylic acid groups (broad SMARTS) is 1. The molecule has 0 radical (unpaired) electrons. The molecular formula is C13H13N3O3. The number of hydrogen-bond acceptors (Lipinski definition) is 3. The van der Waals surface area contributed by atoms with Gasteiger partial charge in [-0.1, -0.05) is 0 Å². The number of amides is 1. The van der Waals surface area contributed by atoms with Gasteiger partial charge in [-0.2, -0.15) is 0 Å². The lowest BCUT2D eigenvalue weighted by Gasteiger charge is -2.23.